The Morgan fingerprint density at radius 1 is 1.31 bits per heavy atom. The molecular formula is C10H17ClN2. The highest BCUT2D eigenvalue weighted by molar-refractivity contribution is 5.85. The lowest BCUT2D eigenvalue weighted by Gasteiger charge is -2.12. The Hall–Kier alpha value is -0.570. The van der Waals surface area contributed by atoms with Crippen LogP contribution in [0.2, 0.25) is 0 Å². The van der Waals surface area contributed by atoms with Gasteiger partial charge >= 0.3 is 0 Å². The molecule has 0 saturated carbocycles. The van der Waals surface area contributed by atoms with E-state index in [1.54, 1.807) is 0 Å². The highest BCUT2D eigenvalue weighted by Crippen LogP contribution is 2.15. The Morgan fingerprint density at radius 2 is 1.92 bits per heavy atom. The van der Waals surface area contributed by atoms with Gasteiger partial charge in [-0.3, -0.25) is 0 Å². The van der Waals surface area contributed by atoms with E-state index >= 15 is 0 Å². The molecule has 1 atom stereocenters. The van der Waals surface area contributed by atoms with E-state index in [4.69, 9.17) is 11.5 Å². The third kappa shape index (κ3) is 2.99. The van der Waals surface area contributed by atoms with Crippen molar-refractivity contribution in [3.63, 3.8) is 0 Å². The molecule has 1 rings (SSSR count). The second-order valence-electron chi connectivity index (χ2n) is 3.20. The monoisotopic (exact) mass is 200 g/mol. The summed E-state index contributed by atoms with van der Waals surface area (Å²) in [5, 5.41) is 0. The van der Waals surface area contributed by atoms with E-state index in [0.717, 1.165) is 5.56 Å². The van der Waals surface area contributed by atoms with Gasteiger partial charge in [-0.05, 0) is 25.0 Å². The van der Waals surface area contributed by atoms with E-state index in [1.165, 1.54) is 11.1 Å². The van der Waals surface area contributed by atoms with Crippen molar-refractivity contribution in [2.75, 3.05) is 6.54 Å². The standard InChI is InChI=1S/C10H16N2.ClH/c1-7-3-4-9(8(2)5-7)10(12)6-11;/h3-5,10H,6,11-12H2,1-2H3;1H/t10-;/m1./s1. The maximum Gasteiger partial charge on any atom is 0.0422 e. The van der Waals surface area contributed by atoms with Gasteiger partial charge in [0.05, 0.1) is 0 Å². The lowest BCUT2D eigenvalue weighted by Crippen LogP contribution is -2.21. The van der Waals surface area contributed by atoms with Crippen LogP contribution in [0.4, 0.5) is 0 Å². The van der Waals surface area contributed by atoms with E-state index in [1.807, 2.05) is 0 Å². The summed E-state index contributed by atoms with van der Waals surface area (Å²) in [6, 6.07) is 6.23. The molecule has 13 heavy (non-hydrogen) atoms. The van der Waals surface area contributed by atoms with Crippen LogP contribution < -0.4 is 11.5 Å². The lowest BCUT2D eigenvalue weighted by molar-refractivity contribution is 0.731. The molecule has 0 heterocycles. The molecule has 0 bridgehead atoms. The lowest BCUT2D eigenvalue weighted by atomic mass is 10.00. The van der Waals surface area contributed by atoms with Gasteiger partial charge in [0.25, 0.3) is 0 Å². The topological polar surface area (TPSA) is 52.0 Å². The quantitative estimate of drug-likeness (QED) is 0.764. The zero-order valence-corrected chi connectivity index (χ0v) is 8.90. The minimum absolute atomic E-state index is 0. The number of halogens is 1. The van der Waals surface area contributed by atoms with Crippen LogP contribution in [-0.2, 0) is 0 Å². The van der Waals surface area contributed by atoms with E-state index < -0.39 is 0 Å². The Bertz CT molecular complexity index is 274. The summed E-state index contributed by atoms with van der Waals surface area (Å²) in [5.41, 5.74) is 15.0. The maximum atomic E-state index is 5.82. The van der Waals surface area contributed by atoms with Crippen molar-refractivity contribution in [3.05, 3.63) is 34.9 Å². The van der Waals surface area contributed by atoms with Crippen LogP contribution in [0.25, 0.3) is 0 Å². The molecule has 0 unspecified atom stereocenters. The summed E-state index contributed by atoms with van der Waals surface area (Å²) < 4.78 is 0. The minimum atomic E-state index is -0.0226. The van der Waals surface area contributed by atoms with Crippen LogP contribution in [0, 0.1) is 13.8 Å². The Kier molecular flexibility index (Phi) is 4.99. The molecule has 0 spiro atoms. The molecule has 0 fully saturated rings. The first-order chi connectivity index (χ1) is 5.65. The minimum Gasteiger partial charge on any atom is -0.329 e. The summed E-state index contributed by atoms with van der Waals surface area (Å²) in [5.74, 6) is 0. The second-order valence-corrected chi connectivity index (χ2v) is 3.20. The van der Waals surface area contributed by atoms with Crippen molar-refractivity contribution >= 4 is 12.4 Å². The molecule has 3 heteroatoms. The summed E-state index contributed by atoms with van der Waals surface area (Å²) >= 11 is 0. The first-order valence-electron chi connectivity index (χ1n) is 4.18. The average Bonchev–Trinajstić information content (AvgIpc) is 2.03. The van der Waals surface area contributed by atoms with Gasteiger partial charge in [-0.15, -0.1) is 12.4 Å². The smallest absolute Gasteiger partial charge is 0.0422 e. The van der Waals surface area contributed by atoms with Gasteiger partial charge in [0, 0.05) is 12.6 Å². The van der Waals surface area contributed by atoms with Gasteiger partial charge in [0.2, 0.25) is 0 Å². The first kappa shape index (κ1) is 12.4. The van der Waals surface area contributed by atoms with E-state index in [2.05, 4.69) is 32.0 Å². The van der Waals surface area contributed by atoms with Crippen LogP contribution in [0.3, 0.4) is 0 Å². The number of hydrogen-bond acceptors (Lipinski definition) is 2. The number of rotatable bonds is 2. The number of aryl methyl sites for hydroxylation is 2. The SMILES string of the molecule is Cc1ccc([C@H](N)CN)c(C)c1.Cl. The van der Waals surface area contributed by atoms with Gasteiger partial charge in [-0.2, -0.15) is 0 Å². The summed E-state index contributed by atoms with van der Waals surface area (Å²) in [4.78, 5) is 0. The van der Waals surface area contributed by atoms with E-state index in [-0.39, 0.29) is 18.4 Å². The van der Waals surface area contributed by atoms with Crippen LogP contribution in [0.15, 0.2) is 18.2 Å². The van der Waals surface area contributed by atoms with Crippen LogP contribution >= 0.6 is 12.4 Å². The highest BCUT2D eigenvalue weighted by Gasteiger charge is 2.05. The predicted octanol–water partition coefficient (Wildman–Crippen LogP) is 1.68. The molecule has 0 saturated heterocycles. The fraction of sp³-hybridized carbons (Fsp3) is 0.400. The zero-order chi connectivity index (χ0) is 9.14. The molecule has 0 aliphatic rings. The highest BCUT2D eigenvalue weighted by atomic mass is 35.5. The van der Waals surface area contributed by atoms with Gasteiger partial charge in [0.1, 0.15) is 0 Å². The number of benzene rings is 1. The Morgan fingerprint density at radius 3 is 2.38 bits per heavy atom. The molecule has 0 amide bonds. The normalized spacial score (nSPS) is 12.0. The Labute approximate surface area is 85.7 Å². The molecule has 1 aromatic rings. The van der Waals surface area contributed by atoms with Crippen LogP contribution in [0.5, 0.6) is 0 Å². The van der Waals surface area contributed by atoms with E-state index in [9.17, 15) is 0 Å². The fourth-order valence-corrected chi connectivity index (χ4v) is 1.37. The van der Waals surface area contributed by atoms with Crippen molar-refractivity contribution in [1.82, 2.24) is 0 Å². The molecular weight excluding hydrogens is 184 g/mol. The van der Waals surface area contributed by atoms with E-state index in [0.29, 0.717) is 6.54 Å². The molecule has 4 N–H and O–H groups in total. The molecule has 74 valence electrons. The maximum absolute atomic E-state index is 5.82. The molecule has 0 radical (unpaired) electrons. The van der Waals surface area contributed by atoms with Gasteiger partial charge in [-0.1, -0.05) is 23.8 Å². The summed E-state index contributed by atoms with van der Waals surface area (Å²) in [6.07, 6.45) is 0. The van der Waals surface area contributed by atoms with Crippen molar-refractivity contribution in [2.45, 2.75) is 19.9 Å². The van der Waals surface area contributed by atoms with Crippen LogP contribution in [-0.4, -0.2) is 6.54 Å². The number of hydrogen-bond donors (Lipinski definition) is 2. The van der Waals surface area contributed by atoms with Gasteiger partial charge < -0.3 is 11.5 Å². The largest absolute Gasteiger partial charge is 0.329 e. The van der Waals surface area contributed by atoms with Crippen molar-refractivity contribution < 1.29 is 0 Å². The van der Waals surface area contributed by atoms with Crippen molar-refractivity contribution in [2.24, 2.45) is 11.5 Å². The third-order valence-electron chi connectivity index (χ3n) is 2.08. The van der Waals surface area contributed by atoms with Crippen molar-refractivity contribution in [3.8, 4) is 0 Å². The second kappa shape index (κ2) is 5.22. The third-order valence-corrected chi connectivity index (χ3v) is 2.08. The Balaban J connectivity index is 0.00000144. The van der Waals surface area contributed by atoms with Gasteiger partial charge in [-0.25, -0.2) is 0 Å². The molecule has 0 aliphatic carbocycles. The molecule has 1 aromatic carbocycles. The molecule has 2 nitrogen and oxygen atoms in total. The number of nitrogens with two attached hydrogens (primary N) is 2. The molecule has 0 aromatic heterocycles. The fourth-order valence-electron chi connectivity index (χ4n) is 1.37. The average molecular weight is 201 g/mol. The molecule has 0 aliphatic heterocycles. The summed E-state index contributed by atoms with van der Waals surface area (Å²) in [7, 11) is 0. The van der Waals surface area contributed by atoms with Crippen LogP contribution in [0.1, 0.15) is 22.7 Å². The first-order valence-corrected chi connectivity index (χ1v) is 4.18. The summed E-state index contributed by atoms with van der Waals surface area (Å²) in [6.45, 7) is 4.65. The predicted molar refractivity (Wildman–Crippen MR) is 59.1 cm³/mol. The van der Waals surface area contributed by atoms with Crippen molar-refractivity contribution in [1.29, 1.82) is 0 Å². The van der Waals surface area contributed by atoms with Gasteiger partial charge in [0.15, 0.2) is 0 Å². The zero-order valence-electron chi connectivity index (χ0n) is 8.08.